The van der Waals surface area contributed by atoms with Crippen LogP contribution < -0.4 is 5.32 Å². The van der Waals surface area contributed by atoms with Crippen molar-refractivity contribution in [1.82, 2.24) is 5.32 Å². The molecule has 2 unspecified atom stereocenters. The SMILES string of the molecule is Cc1ccc(O)c2c1C(C)CC2NCCC1CCC1. The van der Waals surface area contributed by atoms with Crippen molar-refractivity contribution in [3.05, 3.63) is 28.8 Å². The van der Waals surface area contributed by atoms with E-state index in [4.69, 9.17) is 0 Å². The van der Waals surface area contributed by atoms with E-state index >= 15 is 0 Å². The van der Waals surface area contributed by atoms with E-state index in [9.17, 15) is 5.11 Å². The average Bonchev–Trinajstić information content (AvgIpc) is 2.66. The molecule has 1 saturated carbocycles. The number of nitrogens with one attached hydrogen (secondary N) is 1. The Kier molecular flexibility index (Phi) is 3.53. The van der Waals surface area contributed by atoms with Gasteiger partial charge in [-0.15, -0.1) is 0 Å². The summed E-state index contributed by atoms with van der Waals surface area (Å²) in [6, 6.07) is 4.25. The van der Waals surface area contributed by atoms with Gasteiger partial charge in [-0.2, -0.15) is 0 Å². The van der Waals surface area contributed by atoms with Gasteiger partial charge < -0.3 is 10.4 Å². The van der Waals surface area contributed by atoms with Gasteiger partial charge in [0.1, 0.15) is 5.75 Å². The highest BCUT2D eigenvalue weighted by atomic mass is 16.3. The number of rotatable bonds is 4. The number of phenolic OH excluding ortho intramolecular Hbond substituents is 1. The molecule has 0 bridgehead atoms. The molecule has 104 valence electrons. The van der Waals surface area contributed by atoms with Gasteiger partial charge in [-0.1, -0.05) is 32.3 Å². The van der Waals surface area contributed by atoms with E-state index in [-0.39, 0.29) is 0 Å². The van der Waals surface area contributed by atoms with Gasteiger partial charge in [0, 0.05) is 11.6 Å². The first-order valence-electron chi connectivity index (χ1n) is 7.72. The first-order chi connectivity index (χ1) is 9.16. The van der Waals surface area contributed by atoms with E-state index in [1.54, 1.807) is 0 Å². The monoisotopic (exact) mass is 259 g/mol. The molecule has 0 heterocycles. The summed E-state index contributed by atoms with van der Waals surface area (Å²) in [5.41, 5.74) is 3.87. The van der Waals surface area contributed by atoms with Crippen LogP contribution in [0, 0.1) is 12.8 Å². The summed E-state index contributed by atoms with van der Waals surface area (Å²) in [5, 5.41) is 13.8. The highest BCUT2D eigenvalue weighted by Crippen LogP contribution is 2.45. The van der Waals surface area contributed by atoms with Crippen LogP contribution in [0.5, 0.6) is 5.75 Å². The fraction of sp³-hybridized carbons (Fsp3) is 0.647. The number of hydrogen-bond donors (Lipinski definition) is 2. The molecule has 2 atom stereocenters. The predicted molar refractivity (Wildman–Crippen MR) is 78.6 cm³/mol. The molecule has 1 fully saturated rings. The molecule has 2 nitrogen and oxygen atoms in total. The molecule has 2 heteroatoms. The number of fused-ring (bicyclic) bond motifs is 1. The van der Waals surface area contributed by atoms with Crippen molar-refractivity contribution in [2.24, 2.45) is 5.92 Å². The summed E-state index contributed by atoms with van der Waals surface area (Å²) in [4.78, 5) is 0. The molecule has 0 radical (unpaired) electrons. The van der Waals surface area contributed by atoms with Crippen molar-refractivity contribution in [2.75, 3.05) is 6.54 Å². The minimum Gasteiger partial charge on any atom is -0.508 e. The fourth-order valence-corrected chi connectivity index (χ4v) is 3.77. The lowest BCUT2D eigenvalue weighted by Gasteiger charge is -2.26. The van der Waals surface area contributed by atoms with Crippen LogP contribution in [0.2, 0.25) is 0 Å². The molecule has 2 N–H and O–H groups in total. The minimum atomic E-state index is 0.352. The van der Waals surface area contributed by atoms with E-state index in [1.807, 2.05) is 12.1 Å². The quantitative estimate of drug-likeness (QED) is 0.855. The van der Waals surface area contributed by atoms with Crippen LogP contribution in [0.3, 0.4) is 0 Å². The molecular formula is C17H25NO. The van der Waals surface area contributed by atoms with E-state index in [2.05, 4.69) is 19.2 Å². The lowest BCUT2D eigenvalue weighted by molar-refractivity contribution is 0.286. The number of aryl methyl sites for hydroxylation is 1. The Balaban J connectivity index is 1.70. The molecular weight excluding hydrogens is 234 g/mol. The van der Waals surface area contributed by atoms with Gasteiger partial charge in [-0.05, 0) is 55.3 Å². The predicted octanol–water partition coefficient (Wildman–Crippen LogP) is 4.03. The first kappa shape index (κ1) is 13.0. The van der Waals surface area contributed by atoms with E-state index in [1.165, 1.54) is 42.4 Å². The molecule has 2 aliphatic rings. The molecule has 1 aromatic carbocycles. The third-order valence-corrected chi connectivity index (χ3v) is 5.08. The summed E-state index contributed by atoms with van der Waals surface area (Å²) in [5.74, 6) is 1.99. The van der Waals surface area contributed by atoms with Gasteiger partial charge in [0.25, 0.3) is 0 Å². The smallest absolute Gasteiger partial charge is 0.120 e. The summed E-state index contributed by atoms with van der Waals surface area (Å²) in [6.07, 6.45) is 6.69. The Bertz CT molecular complexity index is 465. The lowest BCUT2D eigenvalue weighted by atomic mass is 9.83. The van der Waals surface area contributed by atoms with Gasteiger partial charge in [-0.3, -0.25) is 0 Å². The average molecular weight is 259 g/mol. The van der Waals surface area contributed by atoms with Crippen molar-refractivity contribution in [3.8, 4) is 5.75 Å². The highest BCUT2D eigenvalue weighted by Gasteiger charge is 2.31. The van der Waals surface area contributed by atoms with Gasteiger partial charge in [0.2, 0.25) is 0 Å². The maximum atomic E-state index is 10.2. The second-order valence-corrected chi connectivity index (χ2v) is 6.46. The molecule has 0 spiro atoms. The van der Waals surface area contributed by atoms with E-state index < -0.39 is 0 Å². The number of hydrogen-bond acceptors (Lipinski definition) is 2. The zero-order valence-electron chi connectivity index (χ0n) is 12.1. The van der Waals surface area contributed by atoms with Gasteiger partial charge in [-0.25, -0.2) is 0 Å². The summed E-state index contributed by atoms with van der Waals surface area (Å²) >= 11 is 0. The van der Waals surface area contributed by atoms with Crippen LogP contribution in [0.1, 0.15) is 67.7 Å². The van der Waals surface area contributed by atoms with Gasteiger partial charge in [0.15, 0.2) is 0 Å². The topological polar surface area (TPSA) is 32.3 Å². The van der Waals surface area contributed by atoms with Crippen LogP contribution in [-0.2, 0) is 0 Å². The third kappa shape index (κ3) is 2.38. The fourth-order valence-electron chi connectivity index (χ4n) is 3.77. The molecule has 0 saturated heterocycles. The lowest BCUT2D eigenvalue weighted by Crippen LogP contribution is -2.24. The Hall–Kier alpha value is -1.02. The van der Waals surface area contributed by atoms with E-state index in [0.717, 1.165) is 18.9 Å². The number of benzene rings is 1. The van der Waals surface area contributed by atoms with Crippen LogP contribution in [0.25, 0.3) is 0 Å². The second kappa shape index (κ2) is 5.16. The number of phenols is 1. The molecule has 0 aliphatic heterocycles. The largest absolute Gasteiger partial charge is 0.508 e. The summed E-state index contributed by atoms with van der Waals surface area (Å²) in [6.45, 7) is 5.53. The zero-order chi connectivity index (χ0) is 13.4. The molecule has 0 amide bonds. The molecule has 2 aliphatic carbocycles. The van der Waals surface area contributed by atoms with Crippen molar-refractivity contribution >= 4 is 0 Å². The Morgan fingerprint density at radius 1 is 1.26 bits per heavy atom. The number of aromatic hydroxyl groups is 1. The first-order valence-corrected chi connectivity index (χ1v) is 7.72. The van der Waals surface area contributed by atoms with Crippen molar-refractivity contribution in [2.45, 2.75) is 57.9 Å². The third-order valence-electron chi connectivity index (χ3n) is 5.08. The molecule has 1 aromatic rings. The van der Waals surface area contributed by atoms with Gasteiger partial charge >= 0.3 is 0 Å². The van der Waals surface area contributed by atoms with E-state index in [0.29, 0.717) is 17.7 Å². The molecule has 3 rings (SSSR count). The maximum absolute atomic E-state index is 10.2. The Morgan fingerprint density at radius 2 is 2.05 bits per heavy atom. The highest BCUT2D eigenvalue weighted by molar-refractivity contribution is 5.50. The molecule has 19 heavy (non-hydrogen) atoms. The Labute approximate surface area is 116 Å². The van der Waals surface area contributed by atoms with Crippen molar-refractivity contribution in [3.63, 3.8) is 0 Å². The van der Waals surface area contributed by atoms with Crippen molar-refractivity contribution < 1.29 is 5.11 Å². The van der Waals surface area contributed by atoms with Crippen LogP contribution in [0.15, 0.2) is 12.1 Å². The molecule has 0 aromatic heterocycles. The van der Waals surface area contributed by atoms with Crippen LogP contribution in [0.4, 0.5) is 0 Å². The van der Waals surface area contributed by atoms with Crippen LogP contribution >= 0.6 is 0 Å². The van der Waals surface area contributed by atoms with Crippen molar-refractivity contribution in [1.29, 1.82) is 0 Å². The minimum absolute atomic E-state index is 0.352. The summed E-state index contributed by atoms with van der Waals surface area (Å²) in [7, 11) is 0. The normalized spacial score (nSPS) is 26.2. The zero-order valence-corrected chi connectivity index (χ0v) is 12.1. The van der Waals surface area contributed by atoms with Gasteiger partial charge in [0.05, 0.1) is 0 Å². The maximum Gasteiger partial charge on any atom is 0.120 e. The Morgan fingerprint density at radius 3 is 2.74 bits per heavy atom. The summed E-state index contributed by atoms with van der Waals surface area (Å²) < 4.78 is 0. The van der Waals surface area contributed by atoms with Crippen LogP contribution in [-0.4, -0.2) is 11.7 Å². The second-order valence-electron chi connectivity index (χ2n) is 6.46. The standard InChI is InChI=1S/C17H25NO/c1-11-6-7-15(19)17-14(10-12(2)16(11)17)18-9-8-13-4-3-5-13/h6-7,12-14,18-19H,3-5,8-10H2,1-2H3.